The lowest BCUT2D eigenvalue weighted by atomic mass is 9.86. The highest BCUT2D eigenvalue weighted by atomic mass is 31.1. The van der Waals surface area contributed by atoms with E-state index in [0.29, 0.717) is 22.4 Å². The van der Waals surface area contributed by atoms with Gasteiger partial charge in [0.1, 0.15) is 23.0 Å². The second-order valence-electron chi connectivity index (χ2n) is 9.34. The summed E-state index contributed by atoms with van der Waals surface area (Å²) in [6.07, 6.45) is 0. The molecule has 0 bridgehead atoms. The molecule has 0 fully saturated rings. The van der Waals surface area contributed by atoms with Crippen LogP contribution in [0.25, 0.3) is 11.1 Å². The van der Waals surface area contributed by atoms with Crippen LogP contribution in [0, 0.1) is 0 Å². The molecule has 180 valence electrons. The second-order valence-corrected chi connectivity index (χ2v) is 11.5. The fourth-order valence-corrected chi connectivity index (χ4v) is 6.87. The monoisotopic (exact) mass is 486 g/mol. The van der Waals surface area contributed by atoms with E-state index in [1.165, 1.54) is 0 Å². The standard InChI is InChI=1S/C30H31O4P/c1-30(2,3)23-18-20(31)19-27(29(23)32)35(21-12-7-6-8-13-21)26-17-10-9-14-22(26)28-24(33-4)15-11-16-25(28)34-5/h6-19,31-32H,1-5H3. The number of benzene rings is 4. The minimum Gasteiger partial charge on any atom is -0.508 e. The maximum Gasteiger partial charge on any atom is 0.130 e. The molecule has 0 spiro atoms. The highest BCUT2D eigenvalue weighted by molar-refractivity contribution is 7.80. The Morgan fingerprint density at radius 2 is 1.29 bits per heavy atom. The molecular weight excluding hydrogens is 455 g/mol. The Morgan fingerprint density at radius 1 is 0.686 bits per heavy atom. The Balaban J connectivity index is 2.07. The molecule has 0 radical (unpaired) electrons. The summed E-state index contributed by atoms with van der Waals surface area (Å²) < 4.78 is 11.5. The van der Waals surface area contributed by atoms with Crippen LogP contribution in [0.4, 0.5) is 0 Å². The Labute approximate surface area is 208 Å². The van der Waals surface area contributed by atoms with Crippen LogP contribution in [0.3, 0.4) is 0 Å². The fourth-order valence-electron chi connectivity index (χ4n) is 4.33. The van der Waals surface area contributed by atoms with Crippen molar-refractivity contribution in [3.63, 3.8) is 0 Å². The molecular formula is C30H31O4P. The quantitative estimate of drug-likeness (QED) is 0.266. The van der Waals surface area contributed by atoms with E-state index in [-0.39, 0.29) is 16.9 Å². The number of hydrogen-bond donors (Lipinski definition) is 2. The zero-order chi connectivity index (χ0) is 25.2. The molecule has 0 saturated carbocycles. The van der Waals surface area contributed by atoms with Crippen LogP contribution in [0.15, 0.2) is 84.9 Å². The summed E-state index contributed by atoms with van der Waals surface area (Å²) in [4.78, 5) is 0. The van der Waals surface area contributed by atoms with E-state index in [1.54, 1.807) is 26.4 Å². The highest BCUT2D eigenvalue weighted by Gasteiger charge is 2.29. The molecule has 0 saturated heterocycles. The normalized spacial score (nSPS) is 12.3. The molecule has 4 rings (SSSR count). The smallest absolute Gasteiger partial charge is 0.130 e. The van der Waals surface area contributed by atoms with Crippen molar-refractivity contribution in [3.8, 4) is 34.1 Å². The molecule has 4 aromatic rings. The van der Waals surface area contributed by atoms with Gasteiger partial charge < -0.3 is 19.7 Å². The van der Waals surface area contributed by atoms with Gasteiger partial charge in [-0.1, -0.05) is 81.4 Å². The van der Waals surface area contributed by atoms with Crippen molar-refractivity contribution in [3.05, 3.63) is 90.5 Å². The third kappa shape index (κ3) is 4.85. The summed E-state index contributed by atoms with van der Waals surface area (Å²) >= 11 is 0. The number of rotatable bonds is 6. The van der Waals surface area contributed by atoms with E-state index in [1.807, 2.05) is 69.3 Å². The molecule has 4 aromatic carbocycles. The summed E-state index contributed by atoms with van der Waals surface area (Å²) in [6, 6.07) is 27.4. The number of phenolic OH excluding ortho intramolecular Hbond substituents is 2. The molecule has 0 heterocycles. The average molecular weight is 487 g/mol. The summed E-state index contributed by atoms with van der Waals surface area (Å²) in [6.45, 7) is 6.09. The van der Waals surface area contributed by atoms with Gasteiger partial charge >= 0.3 is 0 Å². The number of aromatic hydroxyl groups is 2. The first-order valence-electron chi connectivity index (χ1n) is 11.5. The summed E-state index contributed by atoms with van der Waals surface area (Å²) in [5.74, 6) is 1.76. The van der Waals surface area contributed by atoms with Crippen LogP contribution in [0.2, 0.25) is 0 Å². The first-order chi connectivity index (χ1) is 16.8. The molecule has 1 atom stereocenters. The first-order valence-corrected chi connectivity index (χ1v) is 12.8. The SMILES string of the molecule is COc1cccc(OC)c1-c1ccccc1P(c1ccccc1)c1cc(O)cc(C(C)(C)C)c1O. The van der Waals surface area contributed by atoms with Gasteiger partial charge in [0, 0.05) is 10.9 Å². The van der Waals surface area contributed by atoms with Crippen LogP contribution >= 0.6 is 7.92 Å². The van der Waals surface area contributed by atoms with E-state index < -0.39 is 7.92 Å². The predicted molar refractivity (Wildman–Crippen MR) is 146 cm³/mol. The average Bonchev–Trinajstić information content (AvgIpc) is 2.86. The maximum absolute atomic E-state index is 11.6. The molecule has 0 aliphatic heterocycles. The maximum atomic E-state index is 11.6. The lowest BCUT2D eigenvalue weighted by Gasteiger charge is -2.28. The van der Waals surface area contributed by atoms with E-state index in [0.717, 1.165) is 21.7 Å². The largest absolute Gasteiger partial charge is 0.508 e. The lowest BCUT2D eigenvalue weighted by Crippen LogP contribution is -2.24. The topological polar surface area (TPSA) is 58.9 Å². The fraction of sp³-hybridized carbons (Fsp3) is 0.200. The highest BCUT2D eigenvalue weighted by Crippen LogP contribution is 2.46. The van der Waals surface area contributed by atoms with Crippen LogP contribution in [0.1, 0.15) is 26.3 Å². The van der Waals surface area contributed by atoms with Crippen molar-refractivity contribution >= 4 is 23.8 Å². The van der Waals surface area contributed by atoms with Crippen LogP contribution < -0.4 is 25.4 Å². The number of hydrogen-bond acceptors (Lipinski definition) is 4. The molecule has 5 heteroatoms. The van der Waals surface area contributed by atoms with Crippen molar-refractivity contribution < 1.29 is 19.7 Å². The molecule has 4 nitrogen and oxygen atoms in total. The third-order valence-electron chi connectivity index (χ3n) is 5.98. The predicted octanol–water partition coefficient (Wildman–Crippen LogP) is 5.84. The van der Waals surface area contributed by atoms with Gasteiger partial charge in [-0.2, -0.15) is 0 Å². The summed E-state index contributed by atoms with van der Waals surface area (Å²) in [5.41, 5.74) is 2.17. The first kappa shape index (κ1) is 24.6. The second kappa shape index (κ2) is 10.0. The molecule has 0 aliphatic carbocycles. The molecule has 0 aliphatic rings. The van der Waals surface area contributed by atoms with Gasteiger partial charge in [-0.05, 0) is 53.8 Å². The van der Waals surface area contributed by atoms with Crippen LogP contribution in [-0.4, -0.2) is 24.4 Å². The zero-order valence-corrected chi connectivity index (χ0v) is 21.6. The molecule has 2 N–H and O–H groups in total. The third-order valence-corrected chi connectivity index (χ3v) is 8.49. The van der Waals surface area contributed by atoms with Gasteiger partial charge in [0.05, 0.1) is 19.8 Å². The lowest BCUT2D eigenvalue weighted by molar-refractivity contribution is 0.397. The van der Waals surface area contributed by atoms with Gasteiger partial charge in [0.15, 0.2) is 0 Å². The summed E-state index contributed by atoms with van der Waals surface area (Å²) in [7, 11) is 2.05. The van der Waals surface area contributed by atoms with Gasteiger partial charge in [-0.3, -0.25) is 0 Å². The van der Waals surface area contributed by atoms with E-state index in [2.05, 4.69) is 24.3 Å². The molecule has 0 amide bonds. The zero-order valence-electron chi connectivity index (χ0n) is 20.7. The molecule has 35 heavy (non-hydrogen) atoms. The van der Waals surface area contributed by atoms with Crippen molar-refractivity contribution in [2.24, 2.45) is 0 Å². The minimum absolute atomic E-state index is 0.138. The van der Waals surface area contributed by atoms with Crippen molar-refractivity contribution in [1.29, 1.82) is 0 Å². The van der Waals surface area contributed by atoms with Gasteiger partial charge in [-0.15, -0.1) is 0 Å². The number of ether oxygens (including phenoxy) is 2. The minimum atomic E-state index is -1.25. The van der Waals surface area contributed by atoms with Crippen LogP contribution in [0.5, 0.6) is 23.0 Å². The summed E-state index contributed by atoms with van der Waals surface area (Å²) in [5, 5.41) is 25.1. The van der Waals surface area contributed by atoms with E-state index in [9.17, 15) is 10.2 Å². The van der Waals surface area contributed by atoms with E-state index in [4.69, 9.17) is 9.47 Å². The van der Waals surface area contributed by atoms with Crippen LogP contribution in [-0.2, 0) is 5.41 Å². The Hall–Kier alpha value is -3.49. The Bertz CT molecular complexity index is 1300. The Morgan fingerprint density at radius 3 is 1.89 bits per heavy atom. The van der Waals surface area contributed by atoms with Crippen molar-refractivity contribution in [2.75, 3.05) is 14.2 Å². The van der Waals surface area contributed by atoms with Gasteiger partial charge in [0.2, 0.25) is 0 Å². The van der Waals surface area contributed by atoms with E-state index >= 15 is 0 Å². The molecule has 0 aromatic heterocycles. The number of phenols is 2. The van der Waals surface area contributed by atoms with Gasteiger partial charge in [0.25, 0.3) is 0 Å². The number of methoxy groups -OCH3 is 2. The Kier molecular flexibility index (Phi) is 7.05. The molecule has 1 unspecified atom stereocenters. The van der Waals surface area contributed by atoms with Gasteiger partial charge in [-0.25, -0.2) is 0 Å². The van der Waals surface area contributed by atoms with Crippen molar-refractivity contribution in [1.82, 2.24) is 0 Å². The van der Waals surface area contributed by atoms with Crippen molar-refractivity contribution in [2.45, 2.75) is 26.2 Å².